The number of benzene rings is 3. The second-order valence-electron chi connectivity index (χ2n) is 6.56. The van der Waals surface area contributed by atoms with E-state index in [0.29, 0.717) is 14.7 Å². The Morgan fingerprint density at radius 2 is 1.13 bits per heavy atom. The van der Waals surface area contributed by atoms with Crippen LogP contribution in [0.25, 0.3) is 0 Å². The highest BCUT2D eigenvalue weighted by atomic mass is 32.3. The van der Waals surface area contributed by atoms with Crippen LogP contribution in [0.2, 0.25) is 0 Å². The van der Waals surface area contributed by atoms with Crippen LogP contribution in [0.5, 0.6) is 0 Å². The predicted octanol–water partition coefficient (Wildman–Crippen LogP) is 5.54. The number of rotatable bonds is 9. The van der Waals surface area contributed by atoms with Crippen LogP contribution in [-0.2, 0) is 13.7 Å². The van der Waals surface area contributed by atoms with Crippen LogP contribution >= 0.6 is 10.3 Å². The maximum Gasteiger partial charge on any atom is 0.401 e. The quantitative estimate of drug-likeness (QED) is 0.446. The molecule has 0 amide bonds. The molecule has 0 saturated carbocycles. The lowest BCUT2D eigenvalue weighted by Gasteiger charge is -2.40. The fourth-order valence-corrected chi connectivity index (χ4v) is 8.23. The maximum absolute atomic E-state index is 14.7. The smallest absolute Gasteiger partial charge is 0.396 e. The van der Waals surface area contributed by atoms with Crippen molar-refractivity contribution in [1.29, 1.82) is 0 Å². The largest absolute Gasteiger partial charge is 0.401 e. The molecule has 1 unspecified atom stereocenters. The van der Waals surface area contributed by atoms with Crippen LogP contribution in [0.4, 0.5) is 13.2 Å². The van der Waals surface area contributed by atoms with Crippen molar-refractivity contribution in [3.8, 4) is 0 Å². The van der Waals surface area contributed by atoms with Gasteiger partial charge in [0, 0.05) is 27.7 Å². The van der Waals surface area contributed by atoms with Gasteiger partial charge >= 0.3 is 15.4 Å². The van der Waals surface area contributed by atoms with Gasteiger partial charge in [-0.15, -0.1) is 0 Å². The lowest BCUT2D eigenvalue weighted by molar-refractivity contribution is -0.0111. The van der Waals surface area contributed by atoms with Gasteiger partial charge < -0.3 is 5.11 Å². The summed E-state index contributed by atoms with van der Waals surface area (Å²) >= 11 is 0. The molecule has 3 aromatic carbocycles. The van der Waals surface area contributed by atoms with Crippen LogP contribution in [0.1, 0.15) is 6.42 Å². The van der Waals surface area contributed by atoms with Crippen molar-refractivity contribution in [1.82, 2.24) is 0 Å². The molecule has 4 nitrogen and oxygen atoms in total. The van der Waals surface area contributed by atoms with Gasteiger partial charge in [-0.3, -0.25) is 0 Å². The number of aliphatic hydroxyl groups excluding tert-OH is 1. The Morgan fingerprint density at radius 1 is 0.774 bits per heavy atom. The summed E-state index contributed by atoms with van der Waals surface area (Å²) in [7, 11) is -8.98. The average molecular weight is 471 g/mol. The molecule has 3 rings (SSSR count). The van der Waals surface area contributed by atoms with E-state index in [1.165, 1.54) is 0 Å². The molecule has 166 valence electrons. The summed E-state index contributed by atoms with van der Waals surface area (Å²) in [5.74, 6) is 0. The second-order valence-corrected chi connectivity index (χ2v) is 11.1. The van der Waals surface area contributed by atoms with Gasteiger partial charge in [-0.2, -0.15) is 17.2 Å². The molecule has 0 fully saturated rings. The Morgan fingerprint density at radius 3 is 1.45 bits per heavy atom. The second kappa shape index (κ2) is 9.44. The first-order valence-corrected chi connectivity index (χ1v) is 12.3. The summed E-state index contributed by atoms with van der Waals surface area (Å²) in [5, 5.41) is 3.97. The van der Waals surface area contributed by atoms with Gasteiger partial charge in [0.15, 0.2) is 6.17 Å². The highest BCUT2D eigenvalue weighted by Crippen LogP contribution is 2.70. The molecular weight excluding hydrogens is 449 g/mol. The lowest BCUT2D eigenvalue weighted by atomic mass is 10.3. The molecule has 0 aromatic heterocycles. The third-order valence-corrected chi connectivity index (χ3v) is 9.76. The maximum atomic E-state index is 14.7. The van der Waals surface area contributed by atoms with Gasteiger partial charge in [-0.25, -0.2) is 8.02 Å². The number of hydrogen-bond acceptors (Lipinski definition) is 4. The number of hydrogen-bond donors (Lipinski definition) is 1. The summed E-state index contributed by atoms with van der Waals surface area (Å²) in [6.07, 6.45) is -4.16. The summed E-state index contributed by atoms with van der Waals surface area (Å²) in [6.45, 7) is -0.930. The first-order chi connectivity index (χ1) is 14.8. The first kappa shape index (κ1) is 23.3. The fourth-order valence-electron chi connectivity index (χ4n) is 2.98. The minimum absolute atomic E-state index is 0.351. The van der Waals surface area contributed by atoms with Crippen LogP contribution in [0.15, 0.2) is 106 Å². The highest BCUT2D eigenvalue weighted by molar-refractivity contribution is 8.33. The zero-order chi connectivity index (χ0) is 22.5. The molecular formula is C22H21F3O4S2. The highest BCUT2D eigenvalue weighted by Gasteiger charge is 2.57. The Balaban J connectivity index is 2.29. The van der Waals surface area contributed by atoms with Gasteiger partial charge in [0.2, 0.25) is 0 Å². The summed E-state index contributed by atoms with van der Waals surface area (Å²) in [4.78, 5) is 1.05. The van der Waals surface area contributed by atoms with E-state index in [1.54, 1.807) is 91.0 Å². The van der Waals surface area contributed by atoms with Crippen LogP contribution in [0, 0.1) is 0 Å². The molecule has 1 atom stereocenters. The van der Waals surface area contributed by atoms with E-state index < -0.39 is 44.9 Å². The third kappa shape index (κ3) is 4.50. The van der Waals surface area contributed by atoms with E-state index in [9.17, 15) is 21.6 Å². The van der Waals surface area contributed by atoms with Gasteiger partial charge in [0.25, 0.3) is 0 Å². The molecule has 31 heavy (non-hydrogen) atoms. The molecule has 3 aromatic rings. The van der Waals surface area contributed by atoms with E-state index >= 15 is 0 Å². The van der Waals surface area contributed by atoms with E-state index in [0.717, 1.165) is 0 Å². The van der Waals surface area contributed by atoms with E-state index in [1.807, 2.05) is 0 Å². The molecule has 0 aliphatic rings. The fraction of sp³-hybridized carbons (Fsp3) is 0.182. The number of halogens is 3. The van der Waals surface area contributed by atoms with Crippen LogP contribution in [-0.4, -0.2) is 31.6 Å². The summed E-state index contributed by atoms with van der Waals surface area (Å²) in [6, 6.07) is 24.5. The van der Waals surface area contributed by atoms with Gasteiger partial charge in [-0.05, 0) is 46.7 Å². The minimum Gasteiger partial charge on any atom is -0.396 e. The zero-order valence-corrected chi connectivity index (χ0v) is 17.9. The molecule has 1 N–H and O–H groups in total. The average Bonchev–Trinajstić information content (AvgIpc) is 2.79. The van der Waals surface area contributed by atoms with Crippen molar-refractivity contribution < 1.29 is 30.3 Å². The van der Waals surface area contributed by atoms with Crippen molar-refractivity contribution in [3.05, 3.63) is 91.0 Å². The first-order valence-electron chi connectivity index (χ1n) is 9.32. The van der Waals surface area contributed by atoms with Crippen LogP contribution in [0.3, 0.4) is 0 Å². The number of alkyl halides is 3. The van der Waals surface area contributed by atoms with Gasteiger partial charge in [0.1, 0.15) is 0 Å². The van der Waals surface area contributed by atoms with E-state index in [2.05, 4.69) is 0 Å². The monoisotopic (exact) mass is 470 g/mol. The molecule has 9 heteroatoms. The summed E-state index contributed by atoms with van der Waals surface area (Å²) in [5.41, 5.74) is 0. The van der Waals surface area contributed by atoms with Crippen molar-refractivity contribution >= 4 is 20.4 Å². The Kier molecular flexibility index (Phi) is 7.10. The molecule has 0 aliphatic heterocycles. The van der Waals surface area contributed by atoms with Crippen molar-refractivity contribution in [2.45, 2.75) is 32.5 Å². The van der Waals surface area contributed by atoms with Gasteiger partial charge in [0.05, 0.1) is 0 Å². The molecule has 0 saturated heterocycles. The molecule has 0 aliphatic carbocycles. The Hall–Kier alpha value is -2.33. The Labute approximate surface area is 181 Å². The van der Waals surface area contributed by atoms with E-state index in [4.69, 9.17) is 8.74 Å². The standard InChI is InChI=1S/C22H21F3O4S2/c23-21(16-17-26)22(24,25)31(27,28)29-30(18-10-4-1-5-11-18,19-12-6-2-7-13-19)20-14-8-3-9-15-20/h1-15,21,26H,16-17H2. The molecule has 0 radical (unpaired) electrons. The van der Waals surface area contributed by atoms with Crippen molar-refractivity contribution in [2.24, 2.45) is 0 Å². The third-order valence-electron chi connectivity index (χ3n) is 4.50. The van der Waals surface area contributed by atoms with Gasteiger partial charge in [-0.1, -0.05) is 54.6 Å². The number of aliphatic hydroxyl groups is 1. The van der Waals surface area contributed by atoms with Crippen molar-refractivity contribution in [2.75, 3.05) is 6.61 Å². The van der Waals surface area contributed by atoms with Crippen LogP contribution < -0.4 is 0 Å². The summed E-state index contributed by atoms with van der Waals surface area (Å²) < 4.78 is 74.5. The Bertz CT molecular complexity index is 983. The predicted molar refractivity (Wildman–Crippen MR) is 113 cm³/mol. The lowest BCUT2D eigenvalue weighted by Crippen LogP contribution is -2.41. The SMILES string of the molecule is O=S(=O)(OS(c1ccccc1)(c1ccccc1)c1ccccc1)C(F)(F)C(F)CCO. The molecule has 0 heterocycles. The van der Waals surface area contributed by atoms with E-state index in [-0.39, 0.29) is 0 Å². The molecule has 0 bridgehead atoms. The molecule has 0 spiro atoms. The normalized spacial score (nSPS) is 14.2. The zero-order valence-electron chi connectivity index (χ0n) is 16.3. The minimum atomic E-state index is -5.77. The van der Waals surface area contributed by atoms with Crippen molar-refractivity contribution in [3.63, 3.8) is 0 Å². The topological polar surface area (TPSA) is 63.6 Å².